The summed E-state index contributed by atoms with van der Waals surface area (Å²) in [5.74, 6) is 0.368. The van der Waals surface area contributed by atoms with Gasteiger partial charge in [0.2, 0.25) is 0 Å². The summed E-state index contributed by atoms with van der Waals surface area (Å²) in [7, 11) is 1.66. The van der Waals surface area contributed by atoms with Crippen LogP contribution >= 0.6 is 0 Å². The van der Waals surface area contributed by atoms with Crippen LogP contribution < -0.4 is 0 Å². The minimum Gasteiger partial charge on any atom is -0.459 e. The molecule has 0 fully saturated rings. The zero-order chi connectivity index (χ0) is 15.0. The number of H-pyrrole nitrogens is 1. The molecule has 5 nitrogen and oxygen atoms in total. The predicted molar refractivity (Wildman–Crippen MR) is 75.3 cm³/mol. The molecule has 21 heavy (non-hydrogen) atoms. The molecule has 0 saturated heterocycles. The van der Waals surface area contributed by atoms with E-state index in [9.17, 15) is 9.18 Å². The van der Waals surface area contributed by atoms with Gasteiger partial charge in [-0.05, 0) is 31.2 Å². The third kappa shape index (κ3) is 2.52. The Morgan fingerprint density at radius 3 is 2.95 bits per heavy atom. The first-order valence-corrected chi connectivity index (χ1v) is 6.48. The Kier molecular flexibility index (Phi) is 3.21. The van der Waals surface area contributed by atoms with Crippen molar-refractivity contribution in [3.63, 3.8) is 0 Å². The number of aryl methyl sites for hydroxylation is 1. The smallest absolute Gasteiger partial charge is 0.289 e. The number of fused-ring (bicyclic) bond motifs is 1. The van der Waals surface area contributed by atoms with Crippen molar-refractivity contribution in [2.24, 2.45) is 0 Å². The average Bonchev–Trinajstić information content (AvgIpc) is 3.03. The van der Waals surface area contributed by atoms with Gasteiger partial charge in [0.1, 0.15) is 11.6 Å². The first-order valence-electron chi connectivity index (χ1n) is 6.48. The fourth-order valence-electron chi connectivity index (χ4n) is 2.17. The molecule has 6 heteroatoms. The molecule has 1 amide bonds. The monoisotopic (exact) mass is 287 g/mol. The van der Waals surface area contributed by atoms with Crippen molar-refractivity contribution < 1.29 is 13.6 Å². The lowest BCUT2D eigenvalue weighted by Crippen LogP contribution is -2.26. The molecule has 0 unspecified atom stereocenters. The van der Waals surface area contributed by atoms with E-state index in [0.717, 1.165) is 5.56 Å². The van der Waals surface area contributed by atoms with E-state index >= 15 is 0 Å². The van der Waals surface area contributed by atoms with Gasteiger partial charge in [0.15, 0.2) is 5.76 Å². The van der Waals surface area contributed by atoms with Crippen molar-refractivity contribution in [1.82, 2.24) is 14.9 Å². The number of hydrogen-bond acceptors (Lipinski definition) is 3. The summed E-state index contributed by atoms with van der Waals surface area (Å²) in [6.07, 6.45) is 1.49. The van der Waals surface area contributed by atoms with E-state index in [1.807, 2.05) is 6.92 Å². The highest BCUT2D eigenvalue weighted by Crippen LogP contribution is 2.16. The van der Waals surface area contributed by atoms with Gasteiger partial charge in [-0.1, -0.05) is 0 Å². The number of carbonyl (C=O) groups is 1. The first-order chi connectivity index (χ1) is 10.0. The summed E-state index contributed by atoms with van der Waals surface area (Å²) < 4.78 is 18.3. The van der Waals surface area contributed by atoms with Gasteiger partial charge in [0.05, 0.1) is 23.8 Å². The lowest BCUT2D eigenvalue weighted by atomic mass is 10.2. The topological polar surface area (TPSA) is 62.1 Å². The third-order valence-electron chi connectivity index (χ3n) is 3.28. The number of carbonyl (C=O) groups excluding carboxylic acids is 1. The number of benzene rings is 1. The second-order valence-electron chi connectivity index (χ2n) is 4.94. The number of rotatable bonds is 3. The first kappa shape index (κ1) is 13.4. The predicted octanol–water partition coefficient (Wildman–Crippen LogP) is 2.88. The number of nitrogens with zero attached hydrogens (tertiary/aromatic N) is 2. The number of furan rings is 1. The number of halogens is 1. The quantitative estimate of drug-likeness (QED) is 0.805. The van der Waals surface area contributed by atoms with Gasteiger partial charge in [-0.3, -0.25) is 4.79 Å². The SMILES string of the molecule is Cc1ccoc1C(=O)N(C)Cc1nc2ccc(F)cc2[nH]1. The number of aromatic amines is 1. The van der Waals surface area contributed by atoms with Crippen LogP contribution in [0.5, 0.6) is 0 Å². The van der Waals surface area contributed by atoms with Crippen LogP contribution in [0, 0.1) is 12.7 Å². The molecule has 108 valence electrons. The van der Waals surface area contributed by atoms with Crippen LogP contribution in [0.4, 0.5) is 4.39 Å². The molecule has 2 aromatic heterocycles. The van der Waals surface area contributed by atoms with Crippen LogP contribution in [0.2, 0.25) is 0 Å². The standard InChI is InChI=1S/C15H14FN3O2/c1-9-5-6-21-14(9)15(20)19(2)8-13-17-11-4-3-10(16)7-12(11)18-13/h3-7H,8H2,1-2H3,(H,17,18). The van der Waals surface area contributed by atoms with Crippen molar-refractivity contribution in [3.8, 4) is 0 Å². The number of imidazole rings is 1. The third-order valence-corrected chi connectivity index (χ3v) is 3.28. The summed E-state index contributed by atoms with van der Waals surface area (Å²) in [5, 5.41) is 0. The zero-order valence-corrected chi connectivity index (χ0v) is 11.7. The molecule has 3 aromatic rings. The maximum Gasteiger partial charge on any atom is 0.289 e. The molecule has 0 bridgehead atoms. The van der Waals surface area contributed by atoms with Crippen LogP contribution in [-0.4, -0.2) is 27.8 Å². The minimum absolute atomic E-state index is 0.218. The Labute approximate surface area is 120 Å². The van der Waals surface area contributed by atoms with Crippen LogP contribution in [0.3, 0.4) is 0 Å². The molecule has 1 aromatic carbocycles. The van der Waals surface area contributed by atoms with Gasteiger partial charge in [0, 0.05) is 12.6 Å². The highest BCUT2D eigenvalue weighted by molar-refractivity contribution is 5.92. The zero-order valence-electron chi connectivity index (χ0n) is 11.7. The molecule has 0 spiro atoms. The Morgan fingerprint density at radius 1 is 1.43 bits per heavy atom. The van der Waals surface area contributed by atoms with Gasteiger partial charge in [0.25, 0.3) is 5.91 Å². The normalized spacial score (nSPS) is 11.0. The molecular formula is C15H14FN3O2. The molecule has 1 N–H and O–H groups in total. The average molecular weight is 287 g/mol. The van der Waals surface area contributed by atoms with Crippen LogP contribution in [-0.2, 0) is 6.54 Å². The van der Waals surface area contributed by atoms with E-state index in [1.165, 1.54) is 23.3 Å². The maximum absolute atomic E-state index is 13.1. The molecule has 0 aliphatic carbocycles. The number of amides is 1. The Hall–Kier alpha value is -2.63. The number of nitrogens with one attached hydrogen (secondary N) is 1. The number of aromatic nitrogens is 2. The highest BCUT2D eigenvalue weighted by atomic mass is 19.1. The summed E-state index contributed by atoms with van der Waals surface area (Å²) >= 11 is 0. The summed E-state index contributed by atoms with van der Waals surface area (Å²) in [6.45, 7) is 2.10. The van der Waals surface area contributed by atoms with E-state index in [-0.39, 0.29) is 18.3 Å². The fraction of sp³-hybridized carbons (Fsp3) is 0.200. The molecular weight excluding hydrogens is 273 g/mol. The largest absolute Gasteiger partial charge is 0.459 e. The van der Waals surface area contributed by atoms with Crippen molar-refractivity contribution in [2.75, 3.05) is 7.05 Å². The van der Waals surface area contributed by atoms with Crippen molar-refractivity contribution >= 4 is 16.9 Å². The fourth-order valence-corrected chi connectivity index (χ4v) is 2.17. The van der Waals surface area contributed by atoms with E-state index in [0.29, 0.717) is 22.6 Å². The van der Waals surface area contributed by atoms with Crippen LogP contribution in [0.15, 0.2) is 34.9 Å². The lowest BCUT2D eigenvalue weighted by molar-refractivity contribution is 0.0749. The van der Waals surface area contributed by atoms with E-state index < -0.39 is 0 Å². The van der Waals surface area contributed by atoms with Gasteiger partial charge in [-0.15, -0.1) is 0 Å². The lowest BCUT2D eigenvalue weighted by Gasteiger charge is -2.14. The summed E-state index contributed by atoms with van der Waals surface area (Å²) in [4.78, 5) is 21.1. The molecule has 0 radical (unpaired) electrons. The molecule has 2 heterocycles. The number of hydrogen-bond donors (Lipinski definition) is 1. The van der Waals surface area contributed by atoms with Crippen molar-refractivity contribution in [3.05, 3.63) is 53.5 Å². The molecule has 0 saturated carbocycles. The minimum atomic E-state index is -0.326. The Bertz CT molecular complexity index is 806. The van der Waals surface area contributed by atoms with Crippen molar-refractivity contribution in [1.29, 1.82) is 0 Å². The van der Waals surface area contributed by atoms with E-state index in [1.54, 1.807) is 19.2 Å². The maximum atomic E-state index is 13.1. The second kappa shape index (κ2) is 5.05. The molecule has 0 aliphatic rings. The van der Waals surface area contributed by atoms with Gasteiger partial charge >= 0.3 is 0 Å². The van der Waals surface area contributed by atoms with Crippen molar-refractivity contribution in [2.45, 2.75) is 13.5 Å². The van der Waals surface area contributed by atoms with E-state index in [2.05, 4.69) is 9.97 Å². The molecule has 0 atom stereocenters. The van der Waals surface area contributed by atoms with Crippen LogP contribution in [0.25, 0.3) is 11.0 Å². The summed E-state index contributed by atoms with van der Waals surface area (Å²) in [5.41, 5.74) is 2.07. The Morgan fingerprint density at radius 2 is 2.24 bits per heavy atom. The summed E-state index contributed by atoms with van der Waals surface area (Å²) in [6, 6.07) is 6.08. The Balaban J connectivity index is 1.81. The van der Waals surface area contributed by atoms with E-state index in [4.69, 9.17) is 4.42 Å². The highest BCUT2D eigenvalue weighted by Gasteiger charge is 2.18. The second-order valence-corrected chi connectivity index (χ2v) is 4.94. The molecule has 3 rings (SSSR count). The van der Waals surface area contributed by atoms with Gasteiger partial charge in [-0.2, -0.15) is 0 Å². The van der Waals surface area contributed by atoms with Gasteiger partial charge in [-0.25, -0.2) is 9.37 Å². The van der Waals surface area contributed by atoms with Gasteiger partial charge < -0.3 is 14.3 Å². The molecule has 0 aliphatic heterocycles. The van der Waals surface area contributed by atoms with Crippen LogP contribution in [0.1, 0.15) is 21.9 Å².